The molecule has 2 aromatic rings. The van der Waals surface area contributed by atoms with Crippen LogP contribution in [0.1, 0.15) is 19.3 Å². The molecule has 4 nitrogen and oxygen atoms in total. The second-order valence-electron chi connectivity index (χ2n) is 5.30. The van der Waals surface area contributed by atoms with E-state index < -0.39 is 0 Å². The molecule has 1 aliphatic rings. The molecule has 2 heterocycles. The monoisotopic (exact) mass is 286 g/mol. The zero-order valence-electron chi connectivity index (χ0n) is 11.9. The normalized spacial score (nSPS) is 18.8. The van der Waals surface area contributed by atoms with Crippen LogP contribution in [0.5, 0.6) is 0 Å². The maximum Gasteiger partial charge on any atom is 0.226 e. The van der Waals surface area contributed by atoms with Crippen LogP contribution < -0.4 is 10.6 Å². The van der Waals surface area contributed by atoms with E-state index in [4.69, 9.17) is 5.73 Å². The van der Waals surface area contributed by atoms with Crippen LogP contribution in [-0.2, 0) is 0 Å². The fourth-order valence-electron chi connectivity index (χ4n) is 2.81. The van der Waals surface area contributed by atoms with E-state index >= 15 is 0 Å². The van der Waals surface area contributed by atoms with E-state index in [1.54, 1.807) is 24.4 Å². The van der Waals surface area contributed by atoms with Gasteiger partial charge in [0.05, 0.1) is 5.69 Å². The largest absolute Gasteiger partial charge is 0.337 e. The van der Waals surface area contributed by atoms with Crippen molar-refractivity contribution in [1.29, 1.82) is 0 Å². The molecule has 1 fully saturated rings. The quantitative estimate of drug-likeness (QED) is 0.942. The van der Waals surface area contributed by atoms with Crippen molar-refractivity contribution in [2.75, 3.05) is 18.0 Å². The molecule has 0 amide bonds. The summed E-state index contributed by atoms with van der Waals surface area (Å²) in [4.78, 5) is 11.0. The molecule has 1 unspecified atom stereocenters. The van der Waals surface area contributed by atoms with Gasteiger partial charge in [-0.25, -0.2) is 14.4 Å². The third kappa shape index (κ3) is 2.88. The standard InChI is InChI=1S/C16H19FN4/c17-14-7-2-1-6-13(14)15-8-9-19-16(20-15)21-10-4-3-5-12(21)11-18/h1-2,6-9,12H,3-5,10-11,18H2. The number of halogens is 1. The van der Waals surface area contributed by atoms with E-state index in [1.165, 1.54) is 12.5 Å². The molecule has 1 aromatic carbocycles. The van der Waals surface area contributed by atoms with Crippen molar-refractivity contribution in [3.8, 4) is 11.3 Å². The van der Waals surface area contributed by atoms with Crippen molar-refractivity contribution in [3.05, 3.63) is 42.3 Å². The molecule has 1 aromatic heterocycles. The van der Waals surface area contributed by atoms with Gasteiger partial charge in [0.15, 0.2) is 0 Å². The molecule has 1 saturated heterocycles. The Morgan fingerprint density at radius 1 is 1.24 bits per heavy atom. The molecule has 0 saturated carbocycles. The van der Waals surface area contributed by atoms with Crippen molar-refractivity contribution in [3.63, 3.8) is 0 Å². The molecule has 21 heavy (non-hydrogen) atoms. The van der Waals surface area contributed by atoms with Crippen molar-refractivity contribution >= 4 is 5.95 Å². The third-order valence-electron chi connectivity index (χ3n) is 3.95. The fourth-order valence-corrected chi connectivity index (χ4v) is 2.81. The minimum atomic E-state index is -0.267. The summed E-state index contributed by atoms with van der Waals surface area (Å²) in [6.45, 7) is 1.50. The van der Waals surface area contributed by atoms with Gasteiger partial charge in [0.25, 0.3) is 0 Å². The van der Waals surface area contributed by atoms with Gasteiger partial charge in [0.1, 0.15) is 5.82 Å². The number of hydrogen-bond donors (Lipinski definition) is 1. The van der Waals surface area contributed by atoms with E-state index in [0.717, 1.165) is 19.4 Å². The minimum absolute atomic E-state index is 0.267. The predicted molar refractivity (Wildman–Crippen MR) is 81.5 cm³/mol. The zero-order valence-corrected chi connectivity index (χ0v) is 11.9. The number of benzene rings is 1. The summed E-state index contributed by atoms with van der Waals surface area (Å²) in [6.07, 6.45) is 5.05. The van der Waals surface area contributed by atoms with Gasteiger partial charge in [0.2, 0.25) is 5.95 Å². The zero-order chi connectivity index (χ0) is 14.7. The second kappa shape index (κ2) is 6.18. The molecule has 0 radical (unpaired) electrons. The molecule has 0 aliphatic carbocycles. The Hall–Kier alpha value is -2.01. The highest BCUT2D eigenvalue weighted by Gasteiger charge is 2.23. The lowest BCUT2D eigenvalue weighted by Gasteiger charge is -2.35. The van der Waals surface area contributed by atoms with Crippen LogP contribution in [0, 0.1) is 5.82 Å². The van der Waals surface area contributed by atoms with E-state index in [2.05, 4.69) is 14.9 Å². The van der Waals surface area contributed by atoms with E-state index in [-0.39, 0.29) is 11.9 Å². The lowest BCUT2D eigenvalue weighted by Crippen LogP contribution is -2.45. The Balaban J connectivity index is 1.95. The third-order valence-corrected chi connectivity index (χ3v) is 3.95. The fraction of sp³-hybridized carbons (Fsp3) is 0.375. The van der Waals surface area contributed by atoms with E-state index in [1.807, 2.05) is 6.07 Å². The lowest BCUT2D eigenvalue weighted by molar-refractivity contribution is 0.458. The summed E-state index contributed by atoms with van der Waals surface area (Å²) < 4.78 is 13.9. The van der Waals surface area contributed by atoms with Gasteiger partial charge in [-0.1, -0.05) is 12.1 Å². The molecule has 1 atom stereocenters. The molecular weight excluding hydrogens is 267 g/mol. The van der Waals surface area contributed by atoms with Gasteiger partial charge >= 0.3 is 0 Å². The first kappa shape index (κ1) is 13.9. The van der Waals surface area contributed by atoms with Crippen LogP contribution in [0.2, 0.25) is 0 Å². The van der Waals surface area contributed by atoms with Crippen LogP contribution in [0.15, 0.2) is 36.5 Å². The first-order valence-electron chi connectivity index (χ1n) is 7.34. The molecule has 1 aliphatic heterocycles. The van der Waals surface area contributed by atoms with Gasteiger partial charge in [-0.2, -0.15) is 0 Å². The van der Waals surface area contributed by atoms with Gasteiger partial charge in [0, 0.05) is 30.9 Å². The number of anilines is 1. The van der Waals surface area contributed by atoms with Gasteiger partial charge in [-0.05, 0) is 37.5 Å². The predicted octanol–water partition coefficient (Wildman–Crippen LogP) is 2.60. The summed E-state index contributed by atoms with van der Waals surface area (Å²) in [5.74, 6) is 0.377. The topological polar surface area (TPSA) is 55.0 Å². The first-order chi connectivity index (χ1) is 10.3. The highest BCUT2D eigenvalue weighted by molar-refractivity contribution is 5.60. The number of aromatic nitrogens is 2. The van der Waals surface area contributed by atoms with Crippen molar-refractivity contribution in [1.82, 2.24) is 9.97 Å². The van der Waals surface area contributed by atoms with Crippen LogP contribution in [-0.4, -0.2) is 29.1 Å². The summed E-state index contributed by atoms with van der Waals surface area (Å²) in [5, 5.41) is 0. The van der Waals surface area contributed by atoms with Gasteiger partial charge in [-0.15, -0.1) is 0 Å². The molecular formula is C16H19FN4. The Bertz CT molecular complexity index is 617. The minimum Gasteiger partial charge on any atom is -0.337 e. The van der Waals surface area contributed by atoms with E-state index in [0.29, 0.717) is 23.8 Å². The number of hydrogen-bond acceptors (Lipinski definition) is 4. The van der Waals surface area contributed by atoms with Gasteiger partial charge in [-0.3, -0.25) is 0 Å². The molecule has 110 valence electrons. The average Bonchev–Trinajstić information content (AvgIpc) is 2.55. The van der Waals surface area contributed by atoms with Crippen molar-refractivity contribution in [2.45, 2.75) is 25.3 Å². The van der Waals surface area contributed by atoms with Crippen molar-refractivity contribution < 1.29 is 4.39 Å². The number of piperidine rings is 1. The maximum absolute atomic E-state index is 13.9. The summed E-state index contributed by atoms with van der Waals surface area (Å²) in [6, 6.07) is 8.68. The molecule has 2 N–H and O–H groups in total. The highest BCUT2D eigenvalue weighted by Crippen LogP contribution is 2.25. The van der Waals surface area contributed by atoms with Crippen LogP contribution >= 0.6 is 0 Å². The molecule has 0 spiro atoms. The SMILES string of the molecule is NCC1CCCCN1c1nccc(-c2ccccc2F)n1. The summed E-state index contributed by atoms with van der Waals surface area (Å²) >= 11 is 0. The van der Waals surface area contributed by atoms with Crippen LogP contribution in [0.25, 0.3) is 11.3 Å². The van der Waals surface area contributed by atoms with Crippen molar-refractivity contribution in [2.24, 2.45) is 5.73 Å². The summed E-state index contributed by atoms with van der Waals surface area (Å²) in [5.41, 5.74) is 6.96. The Kier molecular flexibility index (Phi) is 4.10. The van der Waals surface area contributed by atoms with Crippen LogP contribution in [0.3, 0.4) is 0 Å². The average molecular weight is 286 g/mol. The number of nitrogens with zero attached hydrogens (tertiary/aromatic N) is 3. The number of rotatable bonds is 3. The first-order valence-corrected chi connectivity index (χ1v) is 7.34. The Morgan fingerprint density at radius 3 is 2.90 bits per heavy atom. The summed E-state index contributed by atoms with van der Waals surface area (Å²) in [7, 11) is 0. The Labute approximate surface area is 123 Å². The Morgan fingerprint density at radius 2 is 2.10 bits per heavy atom. The molecule has 5 heteroatoms. The number of nitrogens with two attached hydrogens (primary N) is 1. The van der Waals surface area contributed by atoms with Crippen LogP contribution in [0.4, 0.5) is 10.3 Å². The molecule has 3 rings (SSSR count). The smallest absolute Gasteiger partial charge is 0.226 e. The van der Waals surface area contributed by atoms with Gasteiger partial charge < -0.3 is 10.6 Å². The van der Waals surface area contributed by atoms with E-state index in [9.17, 15) is 4.39 Å². The molecule has 0 bridgehead atoms. The maximum atomic E-state index is 13.9. The highest BCUT2D eigenvalue weighted by atomic mass is 19.1. The lowest BCUT2D eigenvalue weighted by atomic mass is 10.0. The second-order valence-corrected chi connectivity index (χ2v) is 5.30.